The molecular weight excluding hydrogens is 300 g/mol. The van der Waals surface area contributed by atoms with Gasteiger partial charge in [-0.15, -0.1) is 0 Å². The fourth-order valence-electron chi connectivity index (χ4n) is 1.94. The van der Waals surface area contributed by atoms with Crippen molar-refractivity contribution < 1.29 is 33.0 Å². The molecule has 0 aliphatic rings. The highest BCUT2D eigenvalue weighted by Crippen LogP contribution is 2.26. The monoisotopic (exact) mass is 317 g/mol. The van der Waals surface area contributed by atoms with Crippen molar-refractivity contribution in [2.24, 2.45) is 0 Å². The van der Waals surface area contributed by atoms with Crippen molar-refractivity contribution in [3.63, 3.8) is 0 Å². The van der Waals surface area contributed by atoms with E-state index >= 15 is 0 Å². The van der Waals surface area contributed by atoms with Crippen molar-refractivity contribution in [3.8, 4) is 5.75 Å². The molecule has 1 amide bonds. The minimum atomic E-state index is -2.96. The van der Waals surface area contributed by atoms with Gasteiger partial charge in [0.25, 0.3) is 5.91 Å². The summed E-state index contributed by atoms with van der Waals surface area (Å²) in [6, 6.07) is 1.51. The normalized spacial score (nSPS) is 12.1. The third kappa shape index (κ3) is 4.66. The van der Waals surface area contributed by atoms with Gasteiger partial charge in [0, 0.05) is 12.7 Å². The van der Waals surface area contributed by atoms with Gasteiger partial charge in [-0.25, -0.2) is 4.79 Å². The molecule has 122 valence electrons. The van der Waals surface area contributed by atoms with Gasteiger partial charge < -0.3 is 19.9 Å². The summed E-state index contributed by atoms with van der Waals surface area (Å²) in [5.41, 5.74) is 0.854. The Morgan fingerprint density at radius 2 is 1.82 bits per heavy atom. The number of aryl methyl sites for hydroxylation is 2. The third-order valence-corrected chi connectivity index (χ3v) is 2.87. The second-order valence-electron chi connectivity index (χ2n) is 4.64. The van der Waals surface area contributed by atoms with E-state index < -0.39 is 24.5 Å². The topological polar surface area (TPSA) is 84.9 Å². The molecule has 0 aliphatic carbocycles. The number of amides is 1. The van der Waals surface area contributed by atoms with Crippen LogP contribution in [0.5, 0.6) is 5.75 Å². The molecule has 1 aromatic rings. The SMILES string of the molecule is COCC(NC(=O)c1cc(C)c(OC(F)F)c(C)c1)C(=O)O. The van der Waals surface area contributed by atoms with Gasteiger partial charge in [0.1, 0.15) is 5.75 Å². The molecule has 0 saturated carbocycles. The Bertz CT molecular complexity index is 539. The predicted molar refractivity (Wildman–Crippen MR) is 73.3 cm³/mol. The van der Waals surface area contributed by atoms with Crippen LogP contribution < -0.4 is 10.1 Å². The molecule has 0 bridgehead atoms. The number of halogens is 2. The number of carbonyl (C=O) groups is 2. The number of benzene rings is 1. The zero-order chi connectivity index (χ0) is 16.9. The smallest absolute Gasteiger partial charge is 0.387 e. The standard InChI is InChI=1S/C14H17F2NO5/c1-7-4-9(5-8(2)11(7)22-14(15)16)12(18)17-10(6-21-3)13(19)20/h4-5,10,14H,6H2,1-3H3,(H,17,18)(H,19,20). The van der Waals surface area contributed by atoms with Crippen LogP contribution in [0.15, 0.2) is 12.1 Å². The van der Waals surface area contributed by atoms with Crippen LogP contribution in [0, 0.1) is 13.8 Å². The molecule has 0 spiro atoms. The van der Waals surface area contributed by atoms with Crippen LogP contribution in [-0.4, -0.2) is 43.4 Å². The highest BCUT2D eigenvalue weighted by atomic mass is 19.3. The summed E-state index contributed by atoms with van der Waals surface area (Å²) in [7, 11) is 1.31. The van der Waals surface area contributed by atoms with Crippen molar-refractivity contribution in [1.82, 2.24) is 5.32 Å². The fourth-order valence-corrected chi connectivity index (χ4v) is 1.94. The Hall–Kier alpha value is -2.22. The van der Waals surface area contributed by atoms with Crippen LogP contribution in [0.3, 0.4) is 0 Å². The summed E-state index contributed by atoms with van der Waals surface area (Å²) in [6.45, 7) is -0.113. The molecule has 0 saturated heterocycles. The first-order chi connectivity index (χ1) is 10.3. The minimum absolute atomic E-state index is 0.00164. The van der Waals surface area contributed by atoms with E-state index in [9.17, 15) is 18.4 Å². The van der Waals surface area contributed by atoms with Gasteiger partial charge in [-0.05, 0) is 37.1 Å². The van der Waals surface area contributed by atoms with E-state index in [2.05, 4.69) is 10.1 Å². The highest BCUT2D eigenvalue weighted by Gasteiger charge is 2.21. The van der Waals surface area contributed by atoms with E-state index in [1.165, 1.54) is 33.1 Å². The Labute approximate surface area is 126 Å². The largest absolute Gasteiger partial charge is 0.480 e. The number of carboxylic acid groups (broad SMARTS) is 1. The Balaban J connectivity index is 2.97. The Morgan fingerprint density at radius 1 is 1.27 bits per heavy atom. The first-order valence-corrected chi connectivity index (χ1v) is 6.35. The zero-order valence-electron chi connectivity index (χ0n) is 12.4. The fraction of sp³-hybridized carbons (Fsp3) is 0.429. The number of rotatable bonds is 7. The van der Waals surface area contributed by atoms with Gasteiger partial charge in [-0.1, -0.05) is 0 Å². The van der Waals surface area contributed by atoms with Crippen molar-refractivity contribution in [1.29, 1.82) is 0 Å². The van der Waals surface area contributed by atoms with E-state index in [0.29, 0.717) is 11.1 Å². The molecule has 1 rings (SSSR count). The molecule has 22 heavy (non-hydrogen) atoms. The summed E-state index contributed by atoms with van der Waals surface area (Å²) < 4.78 is 33.7. The predicted octanol–water partition coefficient (Wildman–Crippen LogP) is 1.73. The summed E-state index contributed by atoms with van der Waals surface area (Å²) in [5, 5.41) is 11.3. The number of nitrogens with one attached hydrogen (secondary N) is 1. The molecule has 1 unspecified atom stereocenters. The molecule has 8 heteroatoms. The van der Waals surface area contributed by atoms with Gasteiger partial charge >= 0.3 is 12.6 Å². The van der Waals surface area contributed by atoms with E-state index in [-0.39, 0.29) is 17.9 Å². The molecule has 0 fully saturated rings. The van der Waals surface area contributed by atoms with Gasteiger partial charge in [0.05, 0.1) is 6.61 Å². The molecule has 6 nitrogen and oxygen atoms in total. The lowest BCUT2D eigenvalue weighted by atomic mass is 10.0. The lowest BCUT2D eigenvalue weighted by Crippen LogP contribution is -2.43. The molecule has 1 atom stereocenters. The maximum absolute atomic E-state index is 12.3. The van der Waals surface area contributed by atoms with Crippen LogP contribution in [0.2, 0.25) is 0 Å². The van der Waals surface area contributed by atoms with E-state index in [1.54, 1.807) is 0 Å². The van der Waals surface area contributed by atoms with E-state index in [4.69, 9.17) is 9.84 Å². The van der Waals surface area contributed by atoms with Crippen LogP contribution >= 0.6 is 0 Å². The first kappa shape index (κ1) is 17.8. The molecule has 0 heterocycles. The second kappa shape index (κ2) is 7.69. The maximum Gasteiger partial charge on any atom is 0.387 e. The average molecular weight is 317 g/mol. The molecule has 2 N–H and O–H groups in total. The van der Waals surface area contributed by atoms with Gasteiger partial charge in [0.2, 0.25) is 0 Å². The minimum Gasteiger partial charge on any atom is -0.480 e. The lowest BCUT2D eigenvalue weighted by molar-refractivity contribution is -0.140. The van der Waals surface area contributed by atoms with Crippen LogP contribution in [0.25, 0.3) is 0 Å². The van der Waals surface area contributed by atoms with Crippen molar-refractivity contribution in [3.05, 3.63) is 28.8 Å². The number of ether oxygens (including phenoxy) is 2. The second-order valence-corrected chi connectivity index (χ2v) is 4.64. The van der Waals surface area contributed by atoms with Gasteiger partial charge in [0.15, 0.2) is 6.04 Å². The third-order valence-electron chi connectivity index (χ3n) is 2.87. The number of aliphatic carboxylic acids is 1. The number of carboxylic acids is 1. The number of carbonyl (C=O) groups excluding carboxylic acids is 1. The first-order valence-electron chi connectivity index (χ1n) is 6.35. The van der Waals surface area contributed by atoms with E-state index in [1.807, 2.05) is 0 Å². The Morgan fingerprint density at radius 3 is 2.23 bits per heavy atom. The maximum atomic E-state index is 12.3. The molecule has 1 aromatic carbocycles. The van der Waals surface area contributed by atoms with Crippen LogP contribution in [0.4, 0.5) is 8.78 Å². The number of methoxy groups -OCH3 is 1. The zero-order valence-corrected chi connectivity index (χ0v) is 12.4. The lowest BCUT2D eigenvalue weighted by Gasteiger charge is -2.16. The molecule has 0 aromatic heterocycles. The summed E-state index contributed by atoms with van der Waals surface area (Å²) in [4.78, 5) is 23.0. The number of hydrogen-bond donors (Lipinski definition) is 2. The van der Waals surface area contributed by atoms with Gasteiger partial charge in [-0.2, -0.15) is 8.78 Å². The summed E-state index contributed by atoms with van der Waals surface area (Å²) in [5.74, 6) is -1.88. The highest BCUT2D eigenvalue weighted by molar-refractivity contribution is 5.97. The van der Waals surface area contributed by atoms with Crippen molar-refractivity contribution in [2.45, 2.75) is 26.5 Å². The summed E-state index contributed by atoms with van der Waals surface area (Å²) >= 11 is 0. The number of alkyl halides is 2. The Kier molecular flexibility index (Phi) is 6.24. The van der Waals surface area contributed by atoms with Crippen LogP contribution in [0.1, 0.15) is 21.5 Å². The van der Waals surface area contributed by atoms with Crippen molar-refractivity contribution >= 4 is 11.9 Å². The van der Waals surface area contributed by atoms with Crippen molar-refractivity contribution in [2.75, 3.05) is 13.7 Å². The van der Waals surface area contributed by atoms with Crippen LogP contribution in [-0.2, 0) is 9.53 Å². The van der Waals surface area contributed by atoms with Gasteiger partial charge in [-0.3, -0.25) is 4.79 Å². The quantitative estimate of drug-likeness (QED) is 0.800. The number of hydrogen-bond acceptors (Lipinski definition) is 4. The average Bonchev–Trinajstić information content (AvgIpc) is 2.41. The molecule has 0 aliphatic heterocycles. The summed E-state index contributed by atoms with van der Waals surface area (Å²) in [6.07, 6.45) is 0. The molecular formula is C14H17F2NO5. The van der Waals surface area contributed by atoms with E-state index in [0.717, 1.165) is 0 Å². The molecule has 0 radical (unpaired) electrons.